The van der Waals surface area contributed by atoms with E-state index in [4.69, 9.17) is 0 Å². The van der Waals surface area contributed by atoms with Crippen molar-refractivity contribution in [3.05, 3.63) is 34.9 Å². The van der Waals surface area contributed by atoms with Crippen molar-refractivity contribution in [1.29, 1.82) is 0 Å². The topological polar surface area (TPSA) is 0 Å². The molecule has 2 rings (SSSR count). The van der Waals surface area contributed by atoms with Crippen LogP contribution in [0.15, 0.2) is 18.2 Å². The van der Waals surface area contributed by atoms with Crippen LogP contribution < -0.4 is 0 Å². The van der Waals surface area contributed by atoms with Crippen molar-refractivity contribution >= 4 is 0 Å². The summed E-state index contributed by atoms with van der Waals surface area (Å²) in [6.07, 6.45) is 5.13. The van der Waals surface area contributed by atoms with Crippen molar-refractivity contribution < 1.29 is 0 Å². The van der Waals surface area contributed by atoms with E-state index in [2.05, 4.69) is 32.0 Å². The van der Waals surface area contributed by atoms with Gasteiger partial charge in [0.2, 0.25) is 0 Å². The first kappa shape index (κ1) is 8.80. The molecule has 0 spiro atoms. The van der Waals surface area contributed by atoms with E-state index < -0.39 is 0 Å². The van der Waals surface area contributed by atoms with Crippen LogP contribution >= 0.6 is 0 Å². The van der Waals surface area contributed by atoms with Crippen LogP contribution in [-0.2, 0) is 19.3 Å². The molecule has 0 fully saturated rings. The van der Waals surface area contributed by atoms with E-state index in [1.807, 2.05) is 0 Å². The Morgan fingerprint density at radius 1 is 1.31 bits per heavy atom. The van der Waals surface area contributed by atoms with Gasteiger partial charge in [0.25, 0.3) is 0 Å². The molecule has 1 unspecified atom stereocenters. The monoisotopic (exact) mass is 174 g/mol. The first-order valence-corrected chi connectivity index (χ1v) is 5.40. The number of hydrogen-bond acceptors (Lipinski definition) is 0. The van der Waals surface area contributed by atoms with Crippen molar-refractivity contribution in [3.63, 3.8) is 0 Å². The van der Waals surface area contributed by atoms with Crippen LogP contribution in [0.3, 0.4) is 0 Å². The van der Waals surface area contributed by atoms with E-state index in [-0.39, 0.29) is 0 Å². The lowest BCUT2D eigenvalue weighted by Gasteiger charge is -2.21. The van der Waals surface area contributed by atoms with Crippen molar-refractivity contribution in [2.45, 2.75) is 39.5 Å². The van der Waals surface area contributed by atoms with Crippen molar-refractivity contribution in [2.24, 2.45) is 5.92 Å². The van der Waals surface area contributed by atoms with Gasteiger partial charge < -0.3 is 0 Å². The average molecular weight is 174 g/mol. The fourth-order valence-electron chi connectivity index (χ4n) is 2.21. The normalized spacial score (nSPS) is 21.2. The van der Waals surface area contributed by atoms with E-state index in [1.165, 1.54) is 31.2 Å². The van der Waals surface area contributed by atoms with Crippen molar-refractivity contribution in [3.8, 4) is 0 Å². The fraction of sp³-hybridized carbons (Fsp3) is 0.538. The van der Waals surface area contributed by atoms with Gasteiger partial charge >= 0.3 is 0 Å². The molecule has 13 heavy (non-hydrogen) atoms. The third kappa shape index (κ3) is 1.77. The second-order valence-corrected chi connectivity index (χ2v) is 4.30. The minimum atomic E-state index is 0.889. The molecule has 0 bridgehead atoms. The molecular weight excluding hydrogens is 156 g/mol. The predicted molar refractivity (Wildman–Crippen MR) is 57.0 cm³/mol. The molecule has 0 saturated heterocycles. The van der Waals surface area contributed by atoms with Crippen LogP contribution in [0.5, 0.6) is 0 Å². The van der Waals surface area contributed by atoms with Crippen LogP contribution in [0, 0.1) is 5.92 Å². The summed E-state index contributed by atoms with van der Waals surface area (Å²) in [6, 6.07) is 7.03. The smallest absolute Gasteiger partial charge is 0.0250 e. The Kier molecular flexibility index (Phi) is 2.39. The predicted octanol–water partition coefficient (Wildman–Crippen LogP) is 3.37. The quantitative estimate of drug-likeness (QED) is 0.612. The highest BCUT2D eigenvalue weighted by Gasteiger charge is 2.14. The van der Waals surface area contributed by atoms with Gasteiger partial charge in [-0.3, -0.25) is 0 Å². The maximum absolute atomic E-state index is 2.40. The van der Waals surface area contributed by atoms with E-state index >= 15 is 0 Å². The van der Waals surface area contributed by atoms with Gasteiger partial charge in [0.15, 0.2) is 0 Å². The molecule has 0 amide bonds. The molecule has 0 aliphatic heterocycles. The minimum Gasteiger partial charge on any atom is -0.0622 e. The third-order valence-corrected chi connectivity index (χ3v) is 3.15. The fourth-order valence-corrected chi connectivity index (χ4v) is 2.21. The highest BCUT2D eigenvalue weighted by atomic mass is 14.2. The summed E-state index contributed by atoms with van der Waals surface area (Å²) in [6.45, 7) is 4.59. The van der Waals surface area contributed by atoms with Crippen LogP contribution in [0.1, 0.15) is 37.0 Å². The molecule has 1 atom stereocenters. The van der Waals surface area contributed by atoms with E-state index in [1.54, 1.807) is 11.1 Å². The highest BCUT2D eigenvalue weighted by Crippen LogP contribution is 2.25. The largest absolute Gasteiger partial charge is 0.0622 e. The summed E-state index contributed by atoms with van der Waals surface area (Å²) in [5, 5.41) is 0. The molecule has 0 heteroatoms. The standard InChI is InChI=1S/C13H18/c1-3-11-5-7-12-8-10(2)4-6-13(12)9-11/h5,7,9-10H,3-4,6,8H2,1-2H3. The van der Waals surface area contributed by atoms with Gasteiger partial charge in [-0.2, -0.15) is 0 Å². The Labute approximate surface area is 81.0 Å². The summed E-state index contributed by atoms with van der Waals surface area (Å²) in [5.41, 5.74) is 4.70. The molecule has 1 aromatic rings. The average Bonchev–Trinajstić information content (AvgIpc) is 2.17. The SMILES string of the molecule is CCc1ccc2c(c1)CCC(C)C2. The summed E-state index contributed by atoms with van der Waals surface area (Å²) in [7, 11) is 0. The molecule has 70 valence electrons. The van der Waals surface area contributed by atoms with Gasteiger partial charge in [-0.05, 0) is 48.3 Å². The maximum Gasteiger partial charge on any atom is -0.0250 e. The summed E-state index contributed by atoms with van der Waals surface area (Å²) in [5.74, 6) is 0.889. The summed E-state index contributed by atoms with van der Waals surface area (Å²) < 4.78 is 0. The van der Waals surface area contributed by atoms with Gasteiger partial charge in [-0.1, -0.05) is 32.0 Å². The van der Waals surface area contributed by atoms with Gasteiger partial charge in [0.1, 0.15) is 0 Å². The third-order valence-electron chi connectivity index (χ3n) is 3.15. The van der Waals surface area contributed by atoms with Crippen LogP contribution in [0.4, 0.5) is 0 Å². The lowest BCUT2D eigenvalue weighted by Crippen LogP contribution is -2.11. The van der Waals surface area contributed by atoms with Gasteiger partial charge in [0.05, 0.1) is 0 Å². The Morgan fingerprint density at radius 2 is 2.15 bits per heavy atom. The Morgan fingerprint density at radius 3 is 2.92 bits per heavy atom. The number of hydrogen-bond donors (Lipinski definition) is 0. The van der Waals surface area contributed by atoms with Crippen LogP contribution in [0.2, 0.25) is 0 Å². The number of fused-ring (bicyclic) bond motifs is 1. The minimum absolute atomic E-state index is 0.889. The number of rotatable bonds is 1. The Balaban J connectivity index is 2.31. The second-order valence-electron chi connectivity index (χ2n) is 4.30. The summed E-state index contributed by atoms with van der Waals surface area (Å²) >= 11 is 0. The highest BCUT2D eigenvalue weighted by molar-refractivity contribution is 5.34. The first-order valence-electron chi connectivity index (χ1n) is 5.40. The van der Waals surface area contributed by atoms with Crippen LogP contribution in [0.25, 0.3) is 0 Å². The van der Waals surface area contributed by atoms with E-state index in [0.717, 1.165) is 5.92 Å². The molecule has 1 aliphatic rings. The zero-order valence-electron chi connectivity index (χ0n) is 8.64. The van der Waals surface area contributed by atoms with Gasteiger partial charge in [-0.25, -0.2) is 0 Å². The Bertz CT molecular complexity index is 299. The molecule has 1 aliphatic carbocycles. The zero-order valence-corrected chi connectivity index (χ0v) is 8.64. The molecular formula is C13H18. The van der Waals surface area contributed by atoms with E-state index in [0.29, 0.717) is 0 Å². The van der Waals surface area contributed by atoms with Crippen LogP contribution in [-0.4, -0.2) is 0 Å². The Hall–Kier alpha value is -0.780. The number of benzene rings is 1. The van der Waals surface area contributed by atoms with Gasteiger partial charge in [-0.15, -0.1) is 0 Å². The molecule has 0 heterocycles. The van der Waals surface area contributed by atoms with Crippen molar-refractivity contribution in [2.75, 3.05) is 0 Å². The molecule has 0 nitrogen and oxygen atoms in total. The molecule has 0 saturated carbocycles. The van der Waals surface area contributed by atoms with Gasteiger partial charge in [0, 0.05) is 0 Å². The van der Waals surface area contributed by atoms with Crippen molar-refractivity contribution in [1.82, 2.24) is 0 Å². The lowest BCUT2D eigenvalue weighted by molar-refractivity contribution is 0.501. The first-order chi connectivity index (χ1) is 6.29. The molecule has 0 N–H and O–H groups in total. The van der Waals surface area contributed by atoms with E-state index in [9.17, 15) is 0 Å². The second kappa shape index (κ2) is 3.53. The molecule has 1 aromatic carbocycles. The lowest BCUT2D eigenvalue weighted by atomic mass is 9.84. The molecule has 0 radical (unpaired) electrons. The zero-order chi connectivity index (χ0) is 9.26. The maximum atomic E-state index is 2.40. The molecule has 0 aromatic heterocycles. The summed E-state index contributed by atoms with van der Waals surface area (Å²) in [4.78, 5) is 0. The number of aryl methyl sites for hydroxylation is 2.